The van der Waals surface area contributed by atoms with Gasteiger partial charge in [-0.3, -0.25) is 24.8 Å². The van der Waals surface area contributed by atoms with Crippen LogP contribution in [-0.2, 0) is 6.54 Å². The molecule has 8 nitrogen and oxygen atoms in total. The quantitative estimate of drug-likeness (QED) is 0.320. The third-order valence-corrected chi connectivity index (χ3v) is 5.88. The van der Waals surface area contributed by atoms with E-state index in [1.54, 1.807) is 38.4 Å². The fraction of sp³-hybridized carbons (Fsp3) is 0.136. The number of pyridine rings is 1. The third kappa shape index (κ3) is 4.08. The van der Waals surface area contributed by atoms with E-state index in [9.17, 15) is 14.9 Å². The van der Waals surface area contributed by atoms with E-state index in [-0.39, 0.29) is 23.7 Å². The summed E-state index contributed by atoms with van der Waals surface area (Å²) >= 11 is 1.35. The van der Waals surface area contributed by atoms with Crippen molar-refractivity contribution in [2.24, 2.45) is 0 Å². The van der Waals surface area contributed by atoms with Gasteiger partial charge in [-0.1, -0.05) is 23.5 Å². The van der Waals surface area contributed by atoms with Crippen LogP contribution in [0.5, 0.6) is 5.75 Å². The maximum Gasteiger partial charge on any atom is 0.273 e. The van der Waals surface area contributed by atoms with E-state index < -0.39 is 4.92 Å². The summed E-state index contributed by atoms with van der Waals surface area (Å²) in [6.45, 7) is 1.76. The van der Waals surface area contributed by atoms with E-state index in [2.05, 4.69) is 9.97 Å². The number of anilines is 1. The van der Waals surface area contributed by atoms with Crippen LogP contribution in [0.1, 0.15) is 21.6 Å². The van der Waals surface area contributed by atoms with Crippen LogP contribution in [0.25, 0.3) is 10.2 Å². The summed E-state index contributed by atoms with van der Waals surface area (Å²) < 4.78 is 6.15. The molecule has 0 aliphatic rings. The predicted octanol–water partition coefficient (Wildman–Crippen LogP) is 4.76. The number of nitro groups is 1. The number of thiazole rings is 1. The second-order valence-electron chi connectivity index (χ2n) is 6.75. The summed E-state index contributed by atoms with van der Waals surface area (Å²) in [6, 6.07) is 15.4. The summed E-state index contributed by atoms with van der Waals surface area (Å²) in [5, 5.41) is 11.8. The minimum absolute atomic E-state index is 0.0994. The van der Waals surface area contributed by atoms with Crippen molar-refractivity contribution >= 4 is 38.3 Å². The van der Waals surface area contributed by atoms with E-state index >= 15 is 0 Å². The lowest BCUT2D eigenvalue weighted by Gasteiger charge is -2.20. The van der Waals surface area contributed by atoms with Gasteiger partial charge in [0.1, 0.15) is 5.75 Å². The highest BCUT2D eigenvalue weighted by molar-refractivity contribution is 7.22. The van der Waals surface area contributed by atoms with Gasteiger partial charge in [0.25, 0.3) is 11.6 Å². The van der Waals surface area contributed by atoms with E-state index in [0.717, 1.165) is 10.2 Å². The SMILES string of the molecule is COc1ccc2nc(N(Cc3ccccn3)C(=O)c3cccc([N+](=O)[O-])c3C)sc2c1. The Hall–Kier alpha value is -3.85. The summed E-state index contributed by atoms with van der Waals surface area (Å²) in [7, 11) is 1.59. The lowest BCUT2D eigenvalue weighted by atomic mass is 10.1. The van der Waals surface area contributed by atoms with Gasteiger partial charge in [-0.2, -0.15) is 0 Å². The molecule has 0 aliphatic carbocycles. The largest absolute Gasteiger partial charge is 0.497 e. The molecule has 0 atom stereocenters. The van der Waals surface area contributed by atoms with Crippen LogP contribution in [0.3, 0.4) is 0 Å². The smallest absolute Gasteiger partial charge is 0.273 e. The molecule has 0 unspecified atom stereocenters. The van der Waals surface area contributed by atoms with Gasteiger partial charge in [0.15, 0.2) is 5.13 Å². The molecular weight excluding hydrogens is 416 g/mol. The average Bonchev–Trinajstić information content (AvgIpc) is 3.20. The molecule has 4 rings (SSSR count). The Kier molecular flexibility index (Phi) is 5.59. The molecule has 31 heavy (non-hydrogen) atoms. The first-order valence-electron chi connectivity index (χ1n) is 9.38. The van der Waals surface area contributed by atoms with Crippen LogP contribution in [0.2, 0.25) is 0 Å². The minimum atomic E-state index is -0.487. The normalized spacial score (nSPS) is 10.8. The van der Waals surface area contributed by atoms with E-state index in [4.69, 9.17) is 4.74 Å². The number of fused-ring (bicyclic) bond motifs is 1. The monoisotopic (exact) mass is 434 g/mol. The molecule has 2 aromatic carbocycles. The summed E-state index contributed by atoms with van der Waals surface area (Å²) in [6.07, 6.45) is 1.65. The second-order valence-corrected chi connectivity index (χ2v) is 7.76. The molecule has 156 valence electrons. The Morgan fingerprint density at radius 3 is 2.74 bits per heavy atom. The van der Waals surface area contributed by atoms with Crippen molar-refractivity contribution in [2.45, 2.75) is 13.5 Å². The molecule has 9 heteroatoms. The molecule has 2 heterocycles. The zero-order valence-electron chi connectivity index (χ0n) is 16.8. The fourth-order valence-electron chi connectivity index (χ4n) is 3.21. The van der Waals surface area contributed by atoms with Crippen LogP contribution >= 0.6 is 11.3 Å². The van der Waals surface area contributed by atoms with Gasteiger partial charge in [-0.25, -0.2) is 4.98 Å². The highest BCUT2D eigenvalue weighted by Gasteiger charge is 2.26. The molecule has 0 bridgehead atoms. The molecule has 0 fully saturated rings. The molecule has 4 aromatic rings. The fourth-order valence-corrected chi connectivity index (χ4v) is 4.21. The summed E-state index contributed by atoms with van der Waals surface area (Å²) in [4.78, 5) is 34.9. The number of hydrogen-bond acceptors (Lipinski definition) is 7. The van der Waals surface area contributed by atoms with Crippen molar-refractivity contribution in [1.82, 2.24) is 9.97 Å². The number of carbonyl (C=O) groups excluding carboxylic acids is 1. The van der Waals surface area contributed by atoms with Gasteiger partial charge >= 0.3 is 0 Å². The van der Waals surface area contributed by atoms with Crippen LogP contribution < -0.4 is 9.64 Å². The lowest BCUT2D eigenvalue weighted by Crippen LogP contribution is -2.31. The number of rotatable bonds is 6. The Labute approximate surface area is 181 Å². The van der Waals surface area contributed by atoms with Gasteiger partial charge < -0.3 is 4.74 Å². The first kappa shape index (κ1) is 20.4. The maximum atomic E-state index is 13.6. The van der Waals surface area contributed by atoms with Crippen molar-refractivity contribution in [3.05, 3.63) is 87.7 Å². The Balaban J connectivity index is 1.81. The van der Waals surface area contributed by atoms with Crippen molar-refractivity contribution in [3.63, 3.8) is 0 Å². The molecule has 0 radical (unpaired) electrons. The van der Waals surface area contributed by atoms with E-state index in [0.29, 0.717) is 22.1 Å². The van der Waals surface area contributed by atoms with Gasteiger partial charge in [-0.15, -0.1) is 0 Å². The first-order valence-corrected chi connectivity index (χ1v) is 10.2. The van der Waals surface area contributed by atoms with Gasteiger partial charge in [0.2, 0.25) is 0 Å². The van der Waals surface area contributed by atoms with Crippen LogP contribution in [0.15, 0.2) is 60.8 Å². The number of ether oxygens (including phenoxy) is 1. The van der Waals surface area contributed by atoms with Crippen molar-refractivity contribution in [1.29, 1.82) is 0 Å². The summed E-state index contributed by atoms with van der Waals surface area (Å²) in [5.41, 5.74) is 1.87. The van der Waals surface area contributed by atoms with E-state index in [1.807, 2.05) is 24.3 Å². The Morgan fingerprint density at radius 2 is 2.03 bits per heavy atom. The molecular formula is C22H18N4O4S. The van der Waals surface area contributed by atoms with Crippen LogP contribution in [0.4, 0.5) is 10.8 Å². The standard InChI is InChI=1S/C22H18N4O4S/c1-14-17(7-5-8-19(14)26(28)29)21(27)25(13-15-6-3-4-11-23-15)22-24-18-10-9-16(30-2)12-20(18)31-22/h3-12H,13H2,1-2H3. The predicted molar refractivity (Wildman–Crippen MR) is 119 cm³/mol. The maximum absolute atomic E-state index is 13.6. The first-order chi connectivity index (χ1) is 15.0. The zero-order valence-corrected chi connectivity index (χ0v) is 17.6. The molecule has 0 spiro atoms. The zero-order chi connectivity index (χ0) is 22.0. The average molecular weight is 434 g/mol. The van der Waals surface area contributed by atoms with Crippen LogP contribution in [0, 0.1) is 17.0 Å². The number of aromatic nitrogens is 2. The molecule has 1 amide bonds. The lowest BCUT2D eigenvalue weighted by molar-refractivity contribution is -0.385. The van der Waals surface area contributed by atoms with Gasteiger partial charge in [0.05, 0.1) is 34.5 Å². The molecule has 0 saturated heterocycles. The number of hydrogen-bond donors (Lipinski definition) is 0. The van der Waals surface area contributed by atoms with Crippen molar-refractivity contribution in [2.75, 3.05) is 12.0 Å². The highest BCUT2D eigenvalue weighted by Crippen LogP contribution is 2.33. The van der Waals surface area contributed by atoms with Gasteiger partial charge in [-0.05, 0) is 43.3 Å². The minimum Gasteiger partial charge on any atom is -0.497 e. The topological polar surface area (TPSA) is 98.5 Å². The number of benzene rings is 2. The molecule has 0 N–H and O–H groups in total. The molecule has 2 aromatic heterocycles. The highest BCUT2D eigenvalue weighted by atomic mass is 32.1. The number of carbonyl (C=O) groups is 1. The Morgan fingerprint density at radius 1 is 1.19 bits per heavy atom. The Bertz CT molecular complexity index is 1270. The van der Waals surface area contributed by atoms with Gasteiger partial charge in [0, 0.05) is 23.4 Å². The number of methoxy groups -OCH3 is 1. The van der Waals surface area contributed by atoms with Crippen LogP contribution in [-0.4, -0.2) is 27.9 Å². The summed E-state index contributed by atoms with van der Waals surface area (Å²) in [5.74, 6) is 0.317. The molecule has 0 saturated carbocycles. The van der Waals surface area contributed by atoms with Crippen molar-refractivity contribution in [3.8, 4) is 5.75 Å². The second kappa shape index (κ2) is 8.49. The third-order valence-electron chi connectivity index (χ3n) is 4.84. The number of nitrogens with zero attached hydrogens (tertiary/aromatic N) is 4. The number of amides is 1. The van der Waals surface area contributed by atoms with E-state index in [1.165, 1.54) is 28.4 Å². The number of nitro benzene ring substituents is 1. The van der Waals surface area contributed by atoms with Crippen molar-refractivity contribution < 1.29 is 14.5 Å². The molecule has 0 aliphatic heterocycles.